The summed E-state index contributed by atoms with van der Waals surface area (Å²) in [5, 5.41) is 8.05. The molecule has 0 unspecified atom stereocenters. The standard InChI is InChI=1S/C29H39FN6OSi/c1-18(2)38(19(3)4,20(5)6)36-11-9-23-26(36)16-31-29(30)28(23)25-14-22(24-8-10-32-34-24)15-27(33-25)35-12-13-37-17-21(35)7/h8-11,14-16,18-21H,12-13,17H2,1-7H3,(H,32,34)/t21-/m1/s1. The molecule has 7 nitrogen and oxygen atoms in total. The number of nitrogens with one attached hydrogen (secondary N) is 1. The van der Waals surface area contributed by atoms with Gasteiger partial charge in [0.2, 0.25) is 5.95 Å². The number of hydrogen-bond donors (Lipinski definition) is 1. The van der Waals surface area contributed by atoms with E-state index in [1.54, 1.807) is 12.4 Å². The number of halogens is 1. The van der Waals surface area contributed by atoms with Crippen LogP contribution in [0.5, 0.6) is 0 Å². The van der Waals surface area contributed by atoms with E-state index in [1.807, 2.05) is 18.2 Å². The lowest BCUT2D eigenvalue weighted by molar-refractivity contribution is 0.0985. The van der Waals surface area contributed by atoms with Crippen molar-refractivity contribution in [2.75, 3.05) is 24.7 Å². The van der Waals surface area contributed by atoms with Gasteiger partial charge in [-0.25, -0.2) is 9.97 Å². The summed E-state index contributed by atoms with van der Waals surface area (Å²) in [6.45, 7) is 18.1. The maximum atomic E-state index is 15.7. The van der Waals surface area contributed by atoms with Gasteiger partial charge < -0.3 is 13.9 Å². The Morgan fingerprint density at radius 2 is 1.82 bits per heavy atom. The van der Waals surface area contributed by atoms with Gasteiger partial charge in [-0.2, -0.15) is 9.49 Å². The molecule has 0 bridgehead atoms. The summed E-state index contributed by atoms with van der Waals surface area (Å²) in [4.78, 5) is 11.6. The van der Waals surface area contributed by atoms with Gasteiger partial charge in [0.05, 0.1) is 47.9 Å². The molecule has 5 rings (SSSR count). The fraction of sp³-hybridized carbons (Fsp3) is 0.483. The highest BCUT2D eigenvalue weighted by molar-refractivity contribution is 6.82. The first-order valence-electron chi connectivity index (χ1n) is 13.7. The van der Waals surface area contributed by atoms with Gasteiger partial charge in [0.25, 0.3) is 0 Å². The lowest BCUT2D eigenvalue weighted by Crippen LogP contribution is -2.51. The molecular weight excluding hydrogens is 495 g/mol. The van der Waals surface area contributed by atoms with Crippen molar-refractivity contribution in [3.05, 3.63) is 48.8 Å². The van der Waals surface area contributed by atoms with Crippen molar-refractivity contribution in [2.24, 2.45) is 0 Å². The second-order valence-corrected chi connectivity index (χ2v) is 17.2. The maximum absolute atomic E-state index is 15.7. The zero-order valence-corrected chi connectivity index (χ0v) is 24.5. The number of fused-ring (bicyclic) bond motifs is 1. The molecule has 1 aliphatic heterocycles. The Hall–Kier alpha value is -3.04. The third kappa shape index (κ3) is 4.25. The Labute approximate surface area is 225 Å². The first-order chi connectivity index (χ1) is 18.2. The van der Waals surface area contributed by atoms with E-state index in [-0.39, 0.29) is 6.04 Å². The molecule has 38 heavy (non-hydrogen) atoms. The molecule has 202 valence electrons. The quantitative estimate of drug-likeness (QED) is 0.207. The molecule has 0 spiro atoms. The fourth-order valence-electron chi connectivity index (χ4n) is 6.93. The van der Waals surface area contributed by atoms with Gasteiger partial charge >= 0.3 is 0 Å². The van der Waals surface area contributed by atoms with Crippen LogP contribution in [0.15, 0.2) is 42.9 Å². The number of pyridine rings is 2. The molecule has 1 N–H and O–H groups in total. The van der Waals surface area contributed by atoms with Gasteiger partial charge in [-0.3, -0.25) is 5.10 Å². The summed E-state index contributed by atoms with van der Waals surface area (Å²) in [7, 11) is -2.06. The van der Waals surface area contributed by atoms with Crippen LogP contribution in [0.1, 0.15) is 48.5 Å². The highest BCUT2D eigenvalue weighted by Crippen LogP contribution is 2.45. The fourth-order valence-corrected chi connectivity index (χ4v) is 13.5. The molecule has 1 fully saturated rings. The van der Waals surface area contributed by atoms with Crippen LogP contribution in [0.2, 0.25) is 16.6 Å². The SMILES string of the molecule is CC(C)[Si](C(C)C)(C(C)C)n1ccc2c(-c3cc(-c4ccn[nH]4)cc(N4CCOC[C@H]4C)n3)c(F)ncc21. The van der Waals surface area contributed by atoms with Crippen LogP contribution in [0, 0.1) is 5.95 Å². The minimum Gasteiger partial charge on any atom is -0.377 e. The highest BCUT2D eigenvalue weighted by atomic mass is 28.3. The van der Waals surface area contributed by atoms with E-state index in [4.69, 9.17) is 9.72 Å². The number of hydrogen-bond acceptors (Lipinski definition) is 5. The predicted octanol–water partition coefficient (Wildman–Crippen LogP) is 6.88. The van der Waals surface area contributed by atoms with E-state index in [2.05, 4.69) is 85.0 Å². The lowest BCUT2D eigenvalue weighted by atomic mass is 10.0. The second kappa shape index (κ2) is 10.3. The molecule has 5 heterocycles. The van der Waals surface area contributed by atoms with Crippen molar-refractivity contribution in [1.29, 1.82) is 0 Å². The topological polar surface area (TPSA) is 71.9 Å². The predicted molar refractivity (Wildman–Crippen MR) is 155 cm³/mol. The Kier molecular flexibility index (Phi) is 7.17. The van der Waals surface area contributed by atoms with E-state index < -0.39 is 14.2 Å². The molecule has 0 radical (unpaired) electrons. The van der Waals surface area contributed by atoms with Gasteiger partial charge in [0.15, 0.2) is 8.24 Å². The molecule has 0 aromatic carbocycles. The number of aromatic nitrogens is 5. The average molecular weight is 535 g/mol. The van der Waals surface area contributed by atoms with Crippen LogP contribution in [0.4, 0.5) is 10.2 Å². The van der Waals surface area contributed by atoms with Crippen LogP contribution in [-0.2, 0) is 4.74 Å². The highest BCUT2D eigenvalue weighted by Gasteiger charge is 2.46. The first kappa shape index (κ1) is 26.6. The van der Waals surface area contributed by atoms with Crippen molar-refractivity contribution in [3.8, 4) is 22.5 Å². The summed E-state index contributed by atoms with van der Waals surface area (Å²) in [6, 6.07) is 8.13. The van der Waals surface area contributed by atoms with Crippen LogP contribution in [0.25, 0.3) is 33.4 Å². The zero-order chi connectivity index (χ0) is 27.2. The Bertz CT molecular complexity index is 1390. The van der Waals surface area contributed by atoms with Crippen LogP contribution >= 0.6 is 0 Å². The van der Waals surface area contributed by atoms with Crippen LogP contribution in [-0.4, -0.2) is 58.4 Å². The molecule has 1 aliphatic rings. The van der Waals surface area contributed by atoms with E-state index in [0.29, 0.717) is 41.1 Å². The molecular formula is C29H39FN6OSi. The van der Waals surface area contributed by atoms with Crippen molar-refractivity contribution in [2.45, 2.75) is 71.1 Å². The molecule has 1 saturated heterocycles. The molecule has 0 amide bonds. The van der Waals surface area contributed by atoms with Gasteiger partial charge in [-0.15, -0.1) is 0 Å². The molecule has 9 heteroatoms. The van der Waals surface area contributed by atoms with Gasteiger partial charge in [0, 0.05) is 23.7 Å². The Morgan fingerprint density at radius 1 is 1.08 bits per heavy atom. The van der Waals surface area contributed by atoms with E-state index in [0.717, 1.165) is 34.5 Å². The Morgan fingerprint density at radius 3 is 2.45 bits per heavy atom. The molecule has 0 saturated carbocycles. The lowest BCUT2D eigenvalue weighted by Gasteiger charge is -2.44. The maximum Gasteiger partial charge on any atom is 0.223 e. The van der Waals surface area contributed by atoms with Crippen LogP contribution in [0.3, 0.4) is 0 Å². The monoisotopic (exact) mass is 534 g/mol. The van der Waals surface area contributed by atoms with Crippen molar-refractivity contribution >= 4 is 25.0 Å². The number of nitrogens with zero attached hydrogens (tertiary/aromatic N) is 5. The number of H-pyrrole nitrogens is 1. The number of morpholine rings is 1. The first-order valence-corrected chi connectivity index (χ1v) is 15.9. The van der Waals surface area contributed by atoms with E-state index in [1.165, 1.54) is 0 Å². The van der Waals surface area contributed by atoms with Crippen molar-refractivity contribution in [3.63, 3.8) is 0 Å². The van der Waals surface area contributed by atoms with Crippen molar-refractivity contribution < 1.29 is 9.13 Å². The van der Waals surface area contributed by atoms with Crippen molar-refractivity contribution in [1.82, 2.24) is 24.4 Å². The normalized spacial score (nSPS) is 16.9. The minimum absolute atomic E-state index is 0.163. The van der Waals surface area contributed by atoms with Gasteiger partial charge in [-0.05, 0) is 54.0 Å². The largest absolute Gasteiger partial charge is 0.377 e. The summed E-state index contributed by atoms with van der Waals surface area (Å²) in [5.74, 6) is 0.297. The summed E-state index contributed by atoms with van der Waals surface area (Å²) >= 11 is 0. The van der Waals surface area contributed by atoms with E-state index >= 15 is 4.39 Å². The third-order valence-electron chi connectivity index (χ3n) is 8.44. The van der Waals surface area contributed by atoms with Gasteiger partial charge in [-0.1, -0.05) is 41.5 Å². The molecule has 0 aliphatic carbocycles. The van der Waals surface area contributed by atoms with Gasteiger partial charge in [0.1, 0.15) is 5.82 Å². The number of anilines is 1. The number of ether oxygens (including phenoxy) is 1. The number of aromatic amines is 1. The summed E-state index contributed by atoms with van der Waals surface area (Å²) < 4.78 is 23.8. The molecule has 1 atom stereocenters. The average Bonchev–Trinajstić information content (AvgIpc) is 3.55. The van der Waals surface area contributed by atoms with E-state index in [9.17, 15) is 0 Å². The summed E-state index contributed by atoms with van der Waals surface area (Å²) in [5.41, 5.74) is 5.29. The number of rotatable bonds is 7. The third-order valence-corrected chi connectivity index (χ3v) is 15.2. The Balaban J connectivity index is 1.75. The molecule has 4 aromatic heterocycles. The zero-order valence-electron chi connectivity index (χ0n) is 23.5. The summed E-state index contributed by atoms with van der Waals surface area (Å²) in [6.07, 6.45) is 5.61. The van der Waals surface area contributed by atoms with Crippen LogP contribution < -0.4 is 4.90 Å². The second-order valence-electron chi connectivity index (χ2n) is 11.4. The molecule has 4 aromatic rings. The minimum atomic E-state index is -2.06. The smallest absolute Gasteiger partial charge is 0.223 e.